The number of hydrogen-bond acceptors (Lipinski definition) is 3. The number of nitrogens with one attached hydrogen (secondary N) is 1. The zero-order chi connectivity index (χ0) is 13.4. The van der Waals surface area contributed by atoms with Crippen LogP contribution in [0.15, 0.2) is 23.0 Å². The molecule has 2 aromatic rings. The van der Waals surface area contributed by atoms with E-state index in [9.17, 15) is 14.4 Å². The summed E-state index contributed by atoms with van der Waals surface area (Å²) >= 11 is 0. The number of fused-ring (bicyclic) bond motifs is 1. The highest BCUT2D eigenvalue weighted by molar-refractivity contribution is 5.91. The molecule has 1 aromatic heterocycles. The molecule has 1 unspecified atom stereocenters. The van der Waals surface area contributed by atoms with Crippen molar-refractivity contribution in [2.24, 2.45) is 0 Å². The van der Waals surface area contributed by atoms with Crippen LogP contribution < -0.4 is 5.69 Å². The molecule has 2 rings (SSSR count). The van der Waals surface area contributed by atoms with Crippen LogP contribution in [-0.2, 0) is 4.79 Å². The summed E-state index contributed by atoms with van der Waals surface area (Å²) in [7, 11) is 0. The van der Waals surface area contributed by atoms with Gasteiger partial charge in [0, 0.05) is 0 Å². The van der Waals surface area contributed by atoms with Gasteiger partial charge < -0.3 is 15.2 Å². The van der Waals surface area contributed by atoms with Gasteiger partial charge in [-0.05, 0) is 18.6 Å². The van der Waals surface area contributed by atoms with Gasteiger partial charge >= 0.3 is 17.8 Å². The third-order valence-corrected chi connectivity index (χ3v) is 2.76. The number of aliphatic carboxylic acids is 1. The molecule has 0 aliphatic heterocycles. The third kappa shape index (κ3) is 1.65. The van der Waals surface area contributed by atoms with Crippen molar-refractivity contribution in [1.29, 1.82) is 0 Å². The van der Waals surface area contributed by atoms with Gasteiger partial charge in [-0.15, -0.1) is 0 Å². The quantitative estimate of drug-likeness (QED) is 0.737. The van der Waals surface area contributed by atoms with Gasteiger partial charge in [-0.25, -0.2) is 9.59 Å². The number of H-pyrrole nitrogens is 1. The molecular weight excluding hydrogens is 240 g/mol. The molecule has 18 heavy (non-hydrogen) atoms. The summed E-state index contributed by atoms with van der Waals surface area (Å²) in [6.07, 6.45) is -1.45. The van der Waals surface area contributed by atoms with Crippen LogP contribution >= 0.6 is 0 Å². The van der Waals surface area contributed by atoms with E-state index < -0.39 is 23.7 Å². The Labute approximate surface area is 100 Å². The minimum Gasteiger partial charge on any atom is -0.481 e. The van der Waals surface area contributed by atoms with Crippen LogP contribution in [0.2, 0.25) is 0 Å². The highest BCUT2D eigenvalue weighted by Gasteiger charge is 2.22. The lowest BCUT2D eigenvalue weighted by Gasteiger charge is -2.08. The third-order valence-electron chi connectivity index (χ3n) is 2.76. The molecule has 0 saturated heterocycles. The minimum absolute atomic E-state index is 0.0879. The summed E-state index contributed by atoms with van der Waals surface area (Å²) in [5.41, 5.74) is -0.138. The monoisotopic (exact) mass is 250 g/mol. The average Bonchev–Trinajstić information content (AvgIpc) is 2.63. The largest absolute Gasteiger partial charge is 0.481 e. The van der Waals surface area contributed by atoms with E-state index in [0.717, 1.165) is 0 Å². The molecule has 0 radical (unpaired) electrons. The lowest BCUT2D eigenvalue weighted by atomic mass is 10.00. The second kappa shape index (κ2) is 4.02. The molecular formula is C11H10N2O5. The van der Waals surface area contributed by atoms with E-state index in [1.165, 1.54) is 19.1 Å². The van der Waals surface area contributed by atoms with Crippen LogP contribution in [0.4, 0.5) is 4.79 Å². The lowest BCUT2D eigenvalue weighted by Crippen LogP contribution is -2.23. The normalized spacial score (nSPS) is 12.5. The molecule has 94 valence electrons. The number of aromatic nitrogens is 2. The number of rotatable bonds is 2. The molecule has 0 saturated carbocycles. The smallest absolute Gasteiger partial charge is 0.420 e. The van der Waals surface area contributed by atoms with Crippen molar-refractivity contribution >= 4 is 23.1 Å². The molecule has 1 heterocycles. The number of carbonyl (C=O) groups is 2. The van der Waals surface area contributed by atoms with Crippen LogP contribution in [0, 0.1) is 0 Å². The molecule has 3 N–H and O–H groups in total. The highest BCUT2D eigenvalue weighted by Crippen LogP contribution is 2.24. The summed E-state index contributed by atoms with van der Waals surface area (Å²) in [6.45, 7) is 1.43. The maximum absolute atomic E-state index is 11.5. The van der Waals surface area contributed by atoms with Gasteiger partial charge in [-0.3, -0.25) is 4.79 Å². The van der Waals surface area contributed by atoms with Gasteiger partial charge in [0.15, 0.2) is 0 Å². The van der Waals surface area contributed by atoms with E-state index in [1.54, 1.807) is 6.07 Å². The maximum atomic E-state index is 11.5. The first-order chi connectivity index (χ1) is 8.43. The molecule has 0 amide bonds. The predicted octanol–water partition coefficient (Wildman–Crippen LogP) is 1.04. The van der Waals surface area contributed by atoms with E-state index in [4.69, 9.17) is 10.2 Å². The number of carboxylic acid groups (broad SMARTS) is 2. The number of aromatic amines is 1. The Morgan fingerprint density at radius 2 is 2.00 bits per heavy atom. The molecule has 7 heteroatoms. The molecule has 7 nitrogen and oxygen atoms in total. The van der Waals surface area contributed by atoms with E-state index in [1.807, 2.05) is 0 Å². The molecule has 1 atom stereocenters. The molecule has 0 aliphatic carbocycles. The van der Waals surface area contributed by atoms with Crippen LogP contribution in [0.3, 0.4) is 0 Å². The first-order valence-electron chi connectivity index (χ1n) is 5.13. The second-order valence-corrected chi connectivity index (χ2v) is 3.85. The summed E-state index contributed by atoms with van der Waals surface area (Å²) in [6, 6.07) is 4.58. The molecule has 0 spiro atoms. The Hall–Kier alpha value is -2.57. The van der Waals surface area contributed by atoms with E-state index in [-0.39, 0.29) is 11.1 Å². The predicted molar refractivity (Wildman–Crippen MR) is 62.0 cm³/mol. The van der Waals surface area contributed by atoms with Crippen LogP contribution in [0.5, 0.6) is 0 Å². The van der Waals surface area contributed by atoms with Gasteiger partial charge in [-0.1, -0.05) is 12.1 Å². The fourth-order valence-corrected chi connectivity index (χ4v) is 1.85. The zero-order valence-electron chi connectivity index (χ0n) is 9.38. The second-order valence-electron chi connectivity index (χ2n) is 3.85. The Morgan fingerprint density at radius 3 is 2.56 bits per heavy atom. The summed E-state index contributed by atoms with van der Waals surface area (Å²) in [4.78, 5) is 35.9. The van der Waals surface area contributed by atoms with Crippen molar-refractivity contribution in [1.82, 2.24) is 9.55 Å². The van der Waals surface area contributed by atoms with Gasteiger partial charge in [-0.2, -0.15) is 4.57 Å². The van der Waals surface area contributed by atoms with Gasteiger partial charge in [0.25, 0.3) is 0 Å². The number of hydrogen-bond donors (Lipinski definition) is 3. The summed E-state index contributed by atoms with van der Waals surface area (Å²) < 4.78 is 0.518. The van der Waals surface area contributed by atoms with Crippen molar-refractivity contribution in [2.45, 2.75) is 12.8 Å². The topological polar surface area (TPSA) is 112 Å². The lowest BCUT2D eigenvalue weighted by molar-refractivity contribution is -0.138. The molecule has 0 aliphatic rings. The van der Waals surface area contributed by atoms with Crippen molar-refractivity contribution < 1.29 is 19.8 Å². The number of carboxylic acids is 1. The van der Waals surface area contributed by atoms with Gasteiger partial charge in [0.05, 0.1) is 17.0 Å². The van der Waals surface area contributed by atoms with Crippen molar-refractivity contribution in [3.05, 3.63) is 34.2 Å². The van der Waals surface area contributed by atoms with Crippen LogP contribution in [0.1, 0.15) is 18.4 Å². The Kier molecular flexibility index (Phi) is 2.66. The Bertz CT molecular complexity index is 697. The van der Waals surface area contributed by atoms with E-state index >= 15 is 0 Å². The first-order valence-corrected chi connectivity index (χ1v) is 5.13. The van der Waals surface area contributed by atoms with Gasteiger partial charge in [0.1, 0.15) is 0 Å². The minimum atomic E-state index is -1.45. The standard InChI is InChI=1S/C11H10N2O5/c1-5(9(14)15)6-3-2-4-7-8(6)13(11(17)18)10(16)12-7/h2-5H,1H3,(H,12,16)(H,14,15)(H,17,18). The van der Waals surface area contributed by atoms with E-state index in [2.05, 4.69) is 4.98 Å². The highest BCUT2D eigenvalue weighted by atomic mass is 16.4. The molecule has 0 fully saturated rings. The zero-order valence-corrected chi connectivity index (χ0v) is 9.38. The SMILES string of the molecule is CC(C(=O)O)c1cccc2[nH]c(=O)n(C(=O)O)c12. The van der Waals surface area contributed by atoms with Crippen molar-refractivity contribution in [3.8, 4) is 0 Å². The fourth-order valence-electron chi connectivity index (χ4n) is 1.85. The van der Waals surface area contributed by atoms with Crippen molar-refractivity contribution in [2.75, 3.05) is 0 Å². The average molecular weight is 250 g/mol. The number of para-hydroxylation sites is 1. The van der Waals surface area contributed by atoms with Crippen LogP contribution in [-0.4, -0.2) is 31.8 Å². The fraction of sp³-hybridized carbons (Fsp3) is 0.182. The Morgan fingerprint density at radius 1 is 1.33 bits per heavy atom. The van der Waals surface area contributed by atoms with Crippen LogP contribution in [0.25, 0.3) is 11.0 Å². The first kappa shape index (κ1) is 11.9. The number of benzene rings is 1. The molecule has 0 bridgehead atoms. The van der Waals surface area contributed by atoms with Gasteiger partial charge in [0.2, 0.25) is 0 Å². The molecule has 1 aromatic carbocycles. The summed E-state index contributed by atoms with van der Waals surface area (Å²) in [5, 5.41) is 18.0. The maximum Gasteiger partial charge on any atom is 0.420 e. The Balaban J connectivity index is 2.87. The van der Waals surface area contributed by atoms with Crippen molar-refractivity contribution in [3.63, 3.8) is 0 Å². The number of nitrogens with zero attached hydrogens (tertiary/aromatic N) is 1. The summed E-state index contributed by atoms with van der Waals surface area (Å²) in [5.74, 6) is -2.00. The number of imidazole rings is 1. The van der Waals surface area contributed by atoms with E-state index in [0.29, 0.717) is 10.1 Å².